The minimum atomic E-state index is -0.144. The van der Waals surface area contributed by atoms with E-state index in [0.717, 1.165) is 69.7 Å². The quantitative estimate of drug-likeness (QED) is 0.322. The van der Waals surface area contributed by atoms with Crippen molar-refractivity contribution in [2.75, 3.05) is 46.9 Å². The van der Waals surface area contributed by atoms with Crippen molar-refractivity contribution < 1.29 is 9.13 Å². The average molecular weight is 519 g/mol. The second-order valence-corrected chi connectivity index (χ2v) is 11.5. The van der Waals surface area contributed by atoms with Crippen LogP contribution in [0.2, 0.25) is 0 Å². The fourth-order valence-electron chi connectivity index (χ4n) is 5.39. The van der Waals surface area contributed by atoms with Crippen LogP contribution >= 0.6 is 12.1 Å². The van der Waals surface area contributed by atoms with E-state index in [1.54, 1.807) is 24.3 Å². The molecule has 2 aliphatic heterocycles. The third-order valence-electron chi connectivity index (χ3n) is 7.91. The summed E-state index contributed by atoms with van der Waals surface area (Å²) in [6, 6.07) is 8.08. The van der Waals surface area contributed by atoms with Crippen molar-refractivity contribution >= 4 is 12.1 Å². The summed E-state index contributed by atoms with van der Waals surface area (Å²) in [6.45, 7) is 4.65. The highest BCUT2D eigenvalue weighted by Gasteiger charge is 2.34. The van der Waals surface area contributed by atoms with Crippen molar-refractivity contribution in [1.82, 2.24) is 18.8 Å². The van der Waals surface area contributed by atoms with Gasteiger partial charge in [-0.05, 0) is 88.2 Å². The number of hydrogen-bond acceptors (Lipinski definition) is 8. The summed E-state index contributed by atoms with van der Waals surface area (Å²) in [5.74, 6) is 1.38. The predicted octanol–water partition coefficient (Wildman–Crippen LogP) is 3.23. The molecular weight excluding hydrogens is 475 g/mol. The number of ether oxygens (including phenoxy) is 1. The SMILES string of the molecule is CN(C)C1CN(SNC2CCN(/C(N)=C/C=C\N)CC2CO[C@H]2CC[C@@H](c3cccc(F)c3)CC2)C1. The fourth-order valence-corrected chi connectivity index (χ4v) is 6.48. The standard InChI is InChI=1S/C27H43FN6OS/c1-32(2)24-17-34(18-24)36-31-26-12-14-33(27(30)7-4-13-29)16-22(26)19-35-25-10-8-20(9-11-25)21-5-3-6-23(28)15-21/h3-7,13,15,20,22,24-26,31H,8-12,14,16-19,29-30H2,1-2H3/b13-4-,27-7+/t20-,22?,25+,26?. The van der Waals surface area contributed by atoms with Crippen LogP contribution in [0.5, 0.6) is 0 Å². The van der Waals surface area contributed by atoms with Crippen molar-refractivity contribution in [2.24, 2.45) is 17.4 Å². The van der Waals surface area contributed by atoms with Crippen LogP contribution in [0.4, 0.5) is 4.39 Å². The third-order valence-corrected chi connectivity index (χ3v) is 8.87. The first-order valence-electron chi connectivity index (χ1n) is 13.2. The lowest BCUT2D eigenvalue weighted by Crippen LogP contribution is -2.56. The number of benzene rings is 1. The molecule has 0 bridgehead atoms. The molecule has 2 unspecified atom stereocenters. The normalized spacial score (nSPS) is 28.7. The van der Waals surface area contributed by atoms with Crippen LogP contribution in [0.25, 0.3) is 0 Å². The van der Waals surface area contributed by atoms with E-state index in [1.807, 2.05) is 12.1 Å². The van der Waals surface area contributed by atoms with Crippen molar-refractivity contribution in [2.45, 2.75) is 56.2 Å². The van der Waals surface area contributed by atoms with Crippen molar-refractivity contribution in [3.05, 3.63) is 59.8 Å². The van der Waals surface area contributed by atoms with Crippen LogP contribution in [0.15, 0.2) is 48.4 Å². The number of nitrogens with one attached hydrogen (secondary N) is 1. The summed E-state index contributed by atoms with van der Waals surface area (Å²) in [5, 5.41) is 0. The lowest BCUT2D eigenvalue weighted by atomic mass is 9.82. The van der Waals surface area contributed by atoms with Crippen molar-refractivity contribution in [3.8, 4) is 0 Å². The van der Waals surface area contributed by atoms with E-state index < -0.39 is 0 Å². The first-order chi connectivity index (χ1) is 17.4. The number of hydrogen-bond donors (Lipinski definition) is 3. The fraction of sp³-hybridized carbons (Fsp3) is 0.630. The highest BCUT2D eigenvalue weighted by Crippen LogP contribution is 2.35. The Hall–Kier alpha value is -1.78. The zero-order valence-electron chi connectivity index (χ0n) is 21.7. The number of rotatable bonds is 10. The monoisotopic (exact) mass is 518 g/mol. The van der Waals surface area contributed by atoms with E-state index in [4.69, 9.17) is 16.2 Å². The molecule has 0 amide bonds. The Kier molecular flexibility index (Phi) is 9.95. The van der Waals surface area contributed by atoms with E-state index in [1.165, 1.54) is 12.3 Å². The van der Waals surface area contributed by atoms with E-state index in [0.29, 0.717) is 30.5 Å². The Balaban J connectivity index is 1.29. The number of nitrogens with zero attached hydrogens (tertiary/aromatic N) is 3. The molecule has 2 atom stereocenters. The molecule has 1 aromatic rings. The molecule has 3 aliphatic rings. The molecule has 2 heterocycles. The highest BCUT2D eigenvalue weighted by molar-refractivity contribution is 7.95. The minimum absolute atomic E-state index is 0.144. The zero-order chi connectivity index (χ0) is 25.5. The molecule has 3 fully saturated rings. The molecule has 2 saturated heterocycles. The molecule has 4 rings (SSSR count). The summed E-state index contributed by atoms with van der Waals surface area (Å²) in [7, 11) is 4.29. The molecule has 1 saturated carbocycles. The maximum Gasteiger partial charge on any atom is 0.123 e. The molecule has 200 valence electrons. The van der Waals surface area contributed by atoms with Gasteiger partial charge in [-0.3, -0.25) is 0 Å². The van der Waals surface area contributed by atoms with Gasteiger partial charge in [0.15, 0.2) is 0 Å². The van der Waals surface area contributed by atoms with E-state index in [2.05, 4.69) is 39.0 Å². The smallest absolute Gasteiger partial charge is 0.123 e. The molecule has 1 aromatic carbocycles. The van der Waals surface area contributed by atoms with Gasteiger partial charge < -0.3 is 26.0 Å². The van der Waals surface area contributed by atoms with Gasteiger partial charge in [0.25, 0.3) is 0 Å². The van der Waals surface area contributed by atoms with E-state index in [9.17, 15) is 4.39 Å². The zero-order valence-corrected chi connectivity index (χ0v) is 22.5. The second kappa shape index (κ2) is 13.1. The van der Waals surface area contributed by atoms with Gasteiger partial charge in [-0.25, -0.2) is 13.4 Å². The van der Waals surface area contributed by atoms with Crippen LogP contribution in [-0.4, -0.2) is 79.2 Å². The van der Waals surface area contributed by atoms with E-state index in [-0.39, 0.29) is 11.9 Å². The lowest BCUT2D eigenvalue weighted by molar-refractivity contribution is -0.0136. The molecule has 1 aliphatic carbocycles. The topological polar surface area (TPSA) is 83.0 Å². The van der Waals surface area contributed by atoms with E-state index >= 15 is 0 Å². The number of likely N-dealkylation sites (tertiary alicyclic amines) is 1. The maximum absolute atomic E-state index is 13.6. The summed E-state index contributed by atoms with van der Waals surface area (Å²) in [5.41, 5.74) is 12.9. The number of piperidine rings is 1. The lowest BCUT2D eigenvalue weighted by Gasteiger charge is -2.44. The molecule has 5 N–H and O–H groups in total. The first-order valence-corrected chi connectivity index (χ1v) is 14.0. The average Bonchev–Trinajstić information content (AvgIpc) is 2.85. The van der Waals surface area contributed by atoms with Crippen molar-refractivity contribution in [3.63, 3.8) is 0 Å². The Morgan fingerprint density at radius 1 is 1.19 bits per heavy atom. The number of likely N-dealkylation sites (N-methyl/N-ethyl adjacent to an activating group) is 1. The number of halogens is 1. The molecule has 9 heteroatoms. The van der Waals surface area contributed by atoms with Gasteiger partial charge in [0.1, 0.15) is 5.82 Å². The van der Waals surface area contributed by atoms with Gasteiger partial charge in [-0.15, -0.1) is 0 Å². The second-order valence-electron chi connectivity index (χ2n) is 10.6. The first kappa shape index (κ1) is 27.3. The van der Waals surface area contributed by atoms with Gasteiger partial charge >= 0.3 is 0 Å². The van der Waals surface area contributed by atoms with Crippen LogP contribution in [0, 0.1) is 11.7 Å². The van der Waals surface area contributed by atoms with Crippen LogP contribution in [-0.2, 0) is 4.74 Å². The summed E-state index contributed by atoms with van der Waals surface area (Å²) >= 11 is 1.76. The number of allylic oxidation sites excluding steroid dienone is 2. The number of nitrogens with two attached hydrogens (primary N) is 2. The summed E-state index contributed by atoms with van der Waals surface area (Å²) in [6.07, 6.45) is 10.6. The van der Waals surface area contributed by atoms with Gasteiger partial charge in [-0.1, -0.05) is 12.1 Å². The maximum atomic E-state index is 13.6. The van der Waals surface area contributed by atoms with Crippen LogP contribution in [0.3, 0.4) is 0 Å². The minimum Gasteiger partial charge on any atom is -0.405 e. The molecule has 36 heavy (non-hydrogen) atoms. The Morgan fingerprint density at radius 3 is 2.67 bits per heavy atom. The van der Waals surface area contributed by atoms with Gasteiger partial charge in [0, 0.05) is 56.3 Å². The third kappa shape index (κ3) is 7.38. The molecule has 7 nitrogen and oxygen atoms in total. The Morgan fingerprint density at radius 2 is 1.97 bits per heavy atom. The largest absolute Gasteiger partial charge is 0.405 e. The van der Waals surface area contributed by atoms with Gasteiger partial charge in [0.2, 0.25) is 0 Å². The van der Waals surface area contributed by atoms with Gasteiger partial charge in [0.05, 0.1) is 18.5 Å². The Bertz CT molecular complexity index is 885. The summed E-state index contributed by atoms with van der Waals surface area (Å²) in [4.78, 5) is 4.53. The highest BCUT2D eigenvalue weighted by atomic mass is 32.2. The van der Waals surface area contributed by atoms with Crippen molar-refractivity contribution in [1.29, 1.82) is 0 Å². The molecule has 0 spiro atoms. The Labute approximate surface area is 220 Å². The molecular formula is C27H43FN6OS. The van der Waals surface area contributed by atoms with Crippen LogP contribution < -0.4 is 16.2 Å². The van der Waals surface area contributed by atoms with Crippen LogP contribution in [0.1, 0.15) is 43.6 Å². The van der Waals surface area contributed by atoms with Gasteiger partial charge in [-0.2, -0.15) is 0 Å². The molecule has 0 aromatic heterocycles. The summed E-state index contributed by atoms with van der Waals surface area (Å²) < 4.78 is 26.3. The molecule has 0 radical (unpaired) electrons. The predicted molar refractivity (Wildman–Crippen MR) is 146 cm³/mol.